The van der Waals surface area contributed by atoms with Crippen LogP contribution in [0.5, 0.6) is 0 Å². The smallest absolute Gasteiger partial charge is 0.326 e. The van der Waals surface area contributed by atoms with E-state index in [1.807, 2.05) is 31.2 Å². The third-order valence-electron chi connectivity index (χ3n) is 3.39. The Kier molecular flexibility index (Phi) is 6.03. The number of nitrogens with zero attached hydrogens (tertiary/aromatic N) is 1. The molecule has 1 unspecified atom stereocenters. The number of rotatable bonds is 6. The standard InChI is InChI=1S/C15H22N2O3/c1-4-13(14(18)19)17(3)15(20)16-10-9-12-8-6-5-7-11(12)2/h5-8,13H,4,9-10H2,1-3H3,(H,16,20)(H,18,19). The fraction of sp³-hybridized carbons (Fsp3) is 0.467. The Morgan fingerprint density at radius 1 is 1.35 bits per heavy atom. The fourth-order valence-corrected chi connectivity index (χ4v) is 2.08. The maximum absolute atomic E-state index is 11.9. The van der Waals surface area contributed by atoms with Gasteiger partial charge >= 0.3 is 12.0 Å². The maximum atomic E-state index is 11.9. The molecule has 0 heterocycles. The fourth-order valence-electron chi connectivity index (χ4n) is 2.08. The molecule has 0 spiro atoms. The number of hydrogen-bond acceptors (Lipinski definition) is 2. The van der Waals surface area contributed by atoms with E-state index in [2.05, 4.69) is 5.32 Å². The summed E-state index contributed by atoms with van der Waals surface area (Å²) in [5.41, 5.74) is 2.37. The molecule has 1 aromatic rings. The lowest BCUT2D eigenvalue weighted by molar-refractivity contribution is -0.141. The zero-order valence-corrected chi connectivity index (χ0v) is 12.2. The molecular formula is C15H22N2O3. The lowest BCUT2D eigenvalue weighted by Gasteiger charge is -2.24. The molecule has 0 aliphatic rings. The van der Waals surface area contributed by atoms with Crippen molar-refractivity contribution in [1.29, 1.82) is 0 Å². The zero-order valence-electron chi connectivity index (χ0n) is 12.2. The summed E-state index contributed by atoms with van der Waals surface area (Å²) in [4.78, 5) is 24.1. The number of carboxylic acid groups (broad SMARTS) is 1. The first-order valence-electron chi connectivity index (χ1n) is 6.75. The second-order valence-electron chi connectivity index (χ2n) is 4.78. The Hall–Kier alpha value is -2.04. The minimum absolute atomic E-state index is 0.354. The minimum atomic E-state index is -0.982. The van der Waals surface area contributed by atoms with Crippen LogP contribution in [-0.4, -0.2) is 41.6 Å². The largest absolute Gasteiger partial charge is 0.480 e. The van der Waals surface area contributed by atoms with Crippen LogP contribution in [0.2, 0.25) is 0 Å². The molecule has 0 fully saturated rings. The van der Waals surface area contributed by atoms with E-state index in [1.165, 1.54) is 23.1 Å². The van der Waals surface area contributed by atoms with Gasteiger partial charge in [0.1, 0.15) is 6.04 Å². The second-order valence-corrected chi connectivity index (χ2v) is 4.78. The summed E-state index contributed by atoms with van der Waals surface area (Å²) in [5.74, 6) is -0.982. The van der Waals surface area contributed by atoms with Gasteiger partial charge in [0.25, 0.3) is 0 Å². The monoisotopic (exact) mass is 278 g/mol. The van der Waals surface area contributed by atoms with E-state index in [4.69, 9.17) is 5.11 Å². The number of hydrogen-bond donors (Lipinski definition) is 2. The Bertz CT molecular complexity index is 474. The Morgan fingerprint density at radius 2 is 2.00 bits per heavy atom. The van der Waals surface area contributed by atoms with Crippen LogP contribution < -0.4 is 5.32 Å². The van der Waals surface area contributed by atoms with Gasteiger partial charge in [-0.1, -0.05) is 31.2 Å². The summed E-state index contributed by atoms with van der Waals surface area (Å²) in [7, 11) is 1.51. The van der Waals surface area contributed by atoms with Crippen molar-refractivity contribution in [3.05, 3.63) is 35.4 Å². The van der Waals surface area contributed by atoms with Crippen LogP contribution in [0.3, 0.4) is 0 Å². The molecule has 0 aliphatic carbocycles. The summed E-state index contributed by atoms with van der Waals surface area (Å²) < 4.78 is 0. The zero-order chi connectivity index (χ0) is 15.1. The van der Waals surface area contributed by atoms with Gasteiger partial charge in [0.15, 0.2) is 0 Å². The molecule has 0 saturated carbocycles. The molecule has 2 N–H and O–H groups in total. The topological polar surface area (TPSA) is 69.6 Å². The summed E-state index contributed by atoms with van der Waals surface area (Å²) >= 11 is 0. The van der Waals surface area contributed by atoms with Crippen molar-refractivity contribution in [3.63, 3.8) is 0 Å². The van der Waals surface area contributed by atoms with Crippen LogP contribution in [-0.2, 0) is 11.2 Å². The minimum Gasteiger partial charge on any atom is -0.480 e. The number of aryl methyl sites for hydroxylation is 1. The van der Waals surface area contributed by atoms with Gasteiger partial charge < -0.3 is 15.3 Å². The first kappa shape index (κ1) is 16.0. The van der Waals surface area contributed by atoms with Crippen LogP contribution in [0.4, 0.5) is 4.79 Å². The number of amides is 2. The molecule has 0 aromatic heterocycles. The van der Waals surface area contributed by atoms with Crippen LogP contribution >= 0.6 is 0 Å². The normalized spacial score (nSPS) is 11.8. The van der Waals surface area contributed by atoms with E-state index in [-0.39, 0.29) is 6.03 Å². The van der Waals surface area contributed by atoms with Crippen LogP contribution in [0.1, 0.15) is 24.5 Å². The van der Waals surface area contributed by atoms with E-state index in [0.29, 0.717) is 13.0 Å². The second kappa shape index (κ2) is 7.53. The molecule has 0 radical (unpaired) electrons. The highest BCUT2D eigenvalue weighted by molar-refractivity contribution is 5.82. The van der Waals surface area contributed by atoms with Gasteiger partial charge in [-0.05, 0) is 30.9 Å². The number of nitrogens with one attached hydrogen (secondary N) is 1. The van der Waals surface area contributed by atoms with Crippen LogP contribution in [0, 0.1) is 6.92 Å². The predicted octanol–water partition coefficient (Wildman–Crippen LogP) is 2.04. The van der Waals surface area contributed by atoms with E-state index in [1.54, 1.807) is 6.92 Å². The number of benzene rings is 1. The van der Waals surface area contributed by atoms with E-state index < -0.39 is 12.0 Å². The molecule has 5 heteroatoms. The van der Waals surface area contributed by atoms with Gasteiger partial charge in [-0.15, -0.1) is 0 Å². The van der Waals surface area contributed by atoms with Gasteiger partial charge in [0.05, 0.1) is 0 Å². The average molecular weight is 278 g/mol. The van der Waals surface area contributed by atoms with Gasteiger partial charge in [-0.2, -0.15) is 0 Å². The summed E-state index contributed by atoms with van der Waals surface area (Å²) in [6.45, 7) is 4.26. The molecule has 20 heavy (non-hydrogen) atoms. The van der Waals surface area contributed by atoms with Crippen molar-refractivity contribution in [3.8, 4) is 0 Å². The van der Waals surface area contributed by atoms with Gasteiger partial charge in [0.2, 0.25) is 0 Å². The number of urea groups is 1. The lowest BCUT2D eigenvalue weighted by atomic mass is 10.1. The van der Waals surface area contributed by atoms with E-state index >= 15 is 0 Å². The summed E-state index contributed by atoms with van der Waals surface area (Å²) in [6.07, 6.45) is 1.12. The highest BCUT2D eigenvalue weighted by Crippen LogP contribution is 2.07. The molecule has 0 aliphatic heterocycles. The number of aliphatic carboxylic acids is 1. The van der Waals surface area contributed by atoms with Crippen molar-refractivity contribution < 1.29 is 14.7 Å². The Balaban J connectivity index is 2.47. The molecule has 2 amide bonds. The highest BCUT2D eigenvalue weighted by Gasteiger charge is 2.24. The maximum Gasteiger partial charge on any atom is 0.326 e. The summed E-state index contributed by atoms with van der Waals surface area (Å²) in [6, 6.07) is 6.86. The van der Waals surface area contributed by atoms with Crippen molar-refractivity contribution >= 4 is 12.0 Å². The van der Waals surface area contributed by atoms with Crippen molar-refractivity contribution in [2.75, 3.05) is 13.6 Å². The third-order valence-corrected chi connectivity index (χ3v) is 3.39. The number of carbonyl (C=O) groups excluding carboxylic acids is 1. The third kappa shape index (κ3) is 4.26. The van der Waals surface area contributed by atoms with Gasteiger partial charge in [0, 0.05) is 13.6 Å². The predicted molar refractivity (Wildman–Crippen MR) is 77.8 cm³/mol. The van der Waals surface area contributed by atoms with Crippen molar-refractivity contribution in [2.45, 2.75) is 32.7 Å². The number of likely N-dealkylation sites (N-methyl/N-ethyl adjacent to an activating group) is 1. The van der Waals surface area contributed by atoms with Gasteiger partial charge in [-0.3, -0.25) is 0 Å². The van der Waals surface area contributed by atoms with E-state index in [0.717, 1.165) is 6.42 Å². The number of carboxylic acids is 1. The van der Waals surface area contributed by atoms with Crippen molar-refractivity contribution in [1.82, 2.24) is 10.2 Å². The Labute approximate surface area is 119 Å². The molecule has 5 nitrogen and oxygen atoms in total. The first-order valence-corrected chi connectivity index (χ1v) is 6.75. The Morgan fingerprint density at radius 3 is 2.55 bits per heavy atom. The van der Waals surface area contributed by atoms with Crippen LogP contribution in [0.25, 0.3) is 0 Å². The molecule has 110 valence electrons. The quantitative estimate of drug-likeness (QED) is 0.836. The molecule has 1 rings (SSSR count). The lowest BCUT2D eigenvalue weighted by Crippen LogP contribution is -2.47. The number of carbonyl (C=O) groups is 2. The SMILES string of the molecule is CCC(C(=O)O)N(C)C(=O)NCCc1ccccc1C. The summed E-state index contributed by atoms with van der Waals surface area (Å²) in [5, 5.41) is 11.8. The average Bonchev–Trinajstić information content (AvgIpc) is 2.41. The highest BCUT2D eigenvalue weighted by atomic mass is 16.4. The van der Waals surface area contributed by atoms with Crippen molar-refractivity contribution in [2.24, 2.45) is 0 Å². The molecule has 1 atom stereocenters. The van der Waals surface area contributed by atoms with Crippen LogP contribution in [0.15, 0.2) is 24.3 Å². The molecule has 1 aromatic carbocycles. The molecular weight excluding hydrogens is 256 g/mol. The van der Waals surface area contributed by atoms with E-state index in [9.17, 15) is 9.59 Å². The molecule has 0 bridgehead atoms. The van der Waals surface area contributed by atoms with Gasteiger partial charge in [-0.25, -0.2) is 9.59 Å². The first-order chi connectivity index (χ1) is 9.47. The molecule has 0 saturated heterocycles.